The van der Waals surface area contributed by atoms with Crippen LogP contribution in [-0.4, -0.2) is 11.1 Å². The number of rotatable bonds is 5. The first-order valence-corrected chi connectivity index (χ1v) is 6.24. The maximum absolute atomic E-state index is 13.8. The molecule has 0 heterocycles. The van der Waals surface area contributed by atoms with E-state index in [2.05, 4.69) is 0 Å². The molecule has 0 aliphatic heterocycles. The molecule has 2 aromatic rings. The van der Waals surface area contributed by atoms with E-state index in [4.69, 9.17) is 5.11 Å². The van der Waals surface area contributed by atoms with Gasteiger partial charge in [0.2, 0.25) is 0 Å². The van der Waals surface area contributed by atoms with Crippen molar-refractivity contribution in [1.29, 1.82) is 0 Å². The lowest BCUT2D eigenvalue weighted by atomic mass is 9.99. The van der Waals surface area contributed by atoms with Gasteiger partial charge in [-0.15, -0.1) is 0 Å². The third-order valence-corrected chi connectivity index (χ3v) is 3.07. The Balaban J connectivity index is 2.17. The molecule has 2 nitrogen and oxygen atoms in total. The molecule has 0 spiro atoms. The number of carboxylic acids is 1. The van der Waals surface area contributed by atoms with Gasteiger partial charge in [-0.3, -0.25) is 4.79 Å². The monoisotopic (exact) mass is 276 g/mol. The number of hydrogen-bond donors (Lipinski definition) is 1. The Bertz CT molecular complexity index is 577. The number of hydrogen-bond acceptors (Lipinski definition) is 1. The van der Waals surface area contributed by atoms with E-state index in [0.717, 1.165) is 11.1 Å². The first-order chi connectivity index (χ1) is 9.49. The summed E-state index contributed by atoms with van der Waals surface area (Å²) < 4.78 is 27.6. The predicted molar refractivity (Wildman–Crippen MR) is 72.6 cm³/mol. The van der Waals surface area contributed by atoms with Crippen molar-refractivity contribution in [3.63, 3.8) is 0 Å². The standard InChI is InChI=1S/C16H14F2O2/c17-16(18,11-10-15(19)20)14-8-6-13(7-9-14)12-4-2-1-3-5-12/h1-9H,10-11H2,(H,19,20). The van der Waals surface area contributed by atoms with E-state index < -0.39 is 24.7 Å². The maximum Gasteiger partial charge on any atom is 0.303 e. The lowest BCUT2D eigenvalue weighted by Gasteiger charge is -2.16. The van der Waals surface area contributed by atoms with Gasteiger partial charge in [-0.2, -0.15) is 0 Å². The zero-order valence-electron chi connectivity index (χ0n) is 10.7. The maximum atomic E-state index is 13.8. The van der Waals surface area contributed by atoms with Crippen molar-refractivity contribution in [3.8, 4) is 11.1 Å². The van der Waals surface area contributed by atoms with E-state index >= 15 is 0 Å². The second-order valence-corrected chi connectivity index (χ2v) is 4.54. The summed E-state index contributed by atoms with van der Waals surface area (Å²) >= 11 is 0. The summed E-state index contributed by atoms with van der Waals surface area (Å²) in [5.74, 6) is -4.33. The van der Waals surface area contributed by atoms with E-state index in [-0.39, 0.29) is 5.56 Å². The van der Waals surface area contributed by atoms with Crippen molar-refractivity contribution in [1.82, 2.24) is 0 Å². The Morgan fingerprint density at radius 1 is 0.950 bits per heavy atom. The van der Waals surface area contributed by atoms with Gasteiger partial charge in [0.15, 0.2) is 0 Å². The summed E-state index contributed by atoms with van der Waals surface area (Å²) in [4.78, 5) is 10.4. The smallest absolute Gasteiger partial charge is 0.303 e. The topological polar surface area (TPSA) is 37.3 Å². The molecule has 0 bridgehead atoms. The molecule has 0 fully saturated rings. The molecule has 0 atom stereocenters. The Morgan fingerprint density at radius 3 is 2.05 bits per heavy atom. The fourth-order valence-corrected chi connectivity index (χ4v) is 1.95. The first kappa shape index (κ1) is 14.2. The van der Waals surface area contributed by atoms with Crippen LogP contribution in [0.3, 0.4) is 0 Å². The molecule has 2 rings (SSSR count). The number of halogens is 2. The predicted octanol–water partition coefficient (Wildman–Crippen LogP) is 4.31. The zero-order valence-corrected chi connectivity index (χ0v) is 10.7. The van der Waals surface area contributed by atoms with Crippen molar-refractivity contribution < 1.29 is 18.7 Å². The average molecular weight is 276 g/mol. The Morgan fingerprint density at radius 2 is 1.50 bits per heavy atom. The molecular formula is C16H14F2O2. The molecule has 0 radical (unpaired) electrons. The summed E-state index contributed by atoms with van der Waals surface area (Å²) in [5, 5.41) is 8.48. The quantitative estimate of drug-likeness (QED) is 0.883. The van der Waals surface area contributed by atoms with E-state index in [9.17, 15) is 13.6 Å². The van der Waals surface area contributed by atoms with Gasteiger partial charge < -0.3 is 5.11 Å². The van der Waals surface area contributed by atoms with Crippen LogP contribution in [-0.2, 0) is 10.7 Å². The van der Waals surface area contributed by atoms with Crippen LogP contribution in [0.15, 0.2) is 54.6 Å². The van der Waals surface area contributed by atoms with E-state index in [1.807, 2.05) is 30.3 Å². The fourth-order valence-electron chi connectivity index (χ4n) is 1.95. The average Bonchev–Trinajstić information content (AvgIpc) is 2.46. The Labute approximate surface area is 115 Å². The van der Waals surface area contributed by atoms with E-state index in [1.165, 1.54) is 12.1 Å². The lowest BCUT2D eigenvalue weighted by molar-refractivity contribution is -0.139. The van der Waals surface area contributed by atoms with Crippen molar-refractivity contribution in [2.45, 2.75) is 18.8 Å². The molecule has 20 heavy (non-hydrogen) atoms. The lowest BCUT2D eigenvalue weighted by Crippen LogP contribution is -2.15. The molecule has 0 unspecified atom stereocenters. The molecule has 2 aromatic carbocycles. The SMILES string of the molecule is O=C(O)CCC(F)(F)c1ccc(-c2ccccc2)cc1. The molecule has 0 amide bonds. The molecule has 0 aliphatic carbocycles. The van der Waals surface area contributed by atoms with Gasteiger partial charge in [-0.1, -0.05) is 54.6 Å². The summed E-state index contributed by atoms with van der Waals surface area (Å²) in [6.07, 6.45) is -1.24. The zero-order chi connectivity index (χ0) is 14.6. The highest BCUT2D eigenvalue weighted by Gasteiger charge is 2.31. The van der Waals surface area contributed by atoms with Crippen LogP contribution >= 0.6 is 0 Å². The Hall–Kier alpha value is -2.23. The van der Waals surface area contributed by atoms with Crippen molar-refractivity contribution in [2.24, 2.45) is 0 Å². The second kappa shape index (κ2) is 5.82. The van der Waals surface area contributed by atoms with Crippen LogP contribution in [0.5, 0.6) is 0 Å². The van der Waals surface area contributed by atoms with Gasteiger partial charge >= 0.3 is 5.97 Å². The van der Waals surface area contributed by atoms with E-state index in [1.54, 1.807) is 12.1 Å². The van der Waals surface area contributed by atoms with Crippen LogP contribution in [0.4, 0.5) is 8.78 Å². The molecule has 0 saturated heterocycles. The second-order valence-electron chi connectivity index (χ2n) is 4.54. The van der Waals surface area contributed by atoms with Gasteiger partial charge in [-0.25, -0.2) is 8.78 Å². The van der Waals surface area contributed by atoms with Gasteiger partial charge in [0.1, 0.15) is 0 Å². The van der Waals surface area contributed by atoms with Gasteiger partial charge in [-0.05, 0) is 11.1 Å². The number of benzene rings is 2. The van der Waals surface area contributed by atoms with Crippen LogP contribution in [0.2, 0.25) is 0 Å². The largest absolute Gasteiger partial charge is 0.481 e. The number of carbonyl (C=O) groups is 1. The fraction of sp³-hybridized carbons (Fsp3) is 0.188. The molecule has 1 N–H and O–H groups in total. The van der Waals surface area contributed by atoms with Gasteiger partial charge in [0.25, 0.3) is 5.92 Å². The molecule has 0 aliphatic rings. The Kier molecular flexibility index (Phi) is 4.13. The van der Waals surface area contributed by atoms with Crippen molar-refractivity contribution in [2.75, 3.05) is 0 Å². The van der Waals surface area contributed by atoms with Crippen LogP contribution in [0.25, 0.3) is 11.1 Å². The minimum atomic E-state index is -3.12. The molecule has 0 aromatic heterocycles. The third kappa shape index (κ3) is 3.41. The van der Waals surface area contributed by atoms with E-state index in [0.29, 0.717) is 0 Å². The van der Waals surface area contributed by atoms with Crippen molar-refractivity contribution >= 4 is 5.97 Å². The van der Waals surface area contributed by atoms with Gasteiger partial charge in [0.05, 0.1) is 6.42 Å². The minimum absolute atomic E-state index is 0.154. The van der Waals surface area contributed by atoms with Crippen LogP contribution in [0, 0.1) is 0 Å². The summed E-state index contributed by atoms with van der Waals surface area (Å²) in [6.45, 7) is 0. The number of aliphatic carboxylic acids is 1. The highest BCUT2D eigenvalue weighted by atomic mass is 19.3. The highest BCUT2D eigenvalue weighted by Crippen LogP contribution is 2.34. The number of alkyl halides is 2. The molecular weight excluding hydrogens is 262 g/mol. The van der Waals surface area contributed by atoms with Crippen LogP contribution in [0.1, 0.15) is 18.4 Å². The van der Waals surface area contributed by atoms with Gasteiger partial charge in [0, 0.05) is 12.0 Å². The summed E-state index contributed by atoms with van der Waals surface area (Å²) in [5.41, 5.74) is 1.65. The highest BCUT2D eigenvalue weighted by molar-refractivity contribution is 5.67. The molecule has 4 heteroatoms. The minimum Gasteiger partial charge on any atom is -0.481 e. The molecule has 104 valence electrons. The first-order valence-electron chi connectivity index (χ1n) is 6.24. The molecule has 0 saturated carbocycles. The third-order valence-electron chi connectivity index (χ3n) is 3.07. The number of carboxylic acid groups (broad SMARTS) is 1. The summed E-state index contributed by atoms with van der Waals surface area (Å²) in [6, 6.07) is 15.4. The van der Waals surface area contributed by atoms with Crippen LogP contribution < -0.4 is 0 Å². The summed E-state index contributed by atoms with van der Waals surface area (Å²) in [7, 11) is 0. The van der Waals surface area contributed by atoms with Crippen molar-refractivity contribution in [3.05, 3.63) is 60.2 Å². The normalized spacial score (nSPS) is 11.3.